The number of aliphatic hydroxyl groups excluding tert-OH is 1. The largest absolute Gasteiger partial charge is 0.487 e. The fraction of sp³-hybridized carbons (Fsp3) is 0.500. The van der Waals surface area contributed by atoms with E-state index in [2.05, 4.69) is 28.6 Å². The zero-order valence-corrected chi connectivity index (χ0v) is 21.3. The van der Waals surface area contributed by atoms with Crippen molar-refractivity contribution in [1.29, 1.82) is 0 Å². The van der Waals surface area contributed by atoms with Crippen LogP contribution in [0.2, 0.25) is 0 Å². The lowest BCUT2D eigenvalue weighted by Crippen LogP contribution is -2.49. The highest BCUT2D eigenvalue weighted by Gasteiger charge is 2.38. The summed E-state index contributed by atoms with van der Waals surface area (Å²) in [4.78, 5) is 6.45. The van der Waals surface area contributed by atoms with Gasteiger partial charge in [0.2, 0.25) is 10.0 Å². The summed E-state index contributed by atoms with van der Waals surface area (Å²) in [7, 11) is -1.84. The predicted octanol–water partition coefficient (Wildman–Crippen LogP) is 3.13. The Labute approximate surface area is 203 Å². The van der Waals surface area contributed by atoms with Crippen molar-refractivity contribution >= 4 is 10.0 Å². The van der Waals surface area contributed by atoms with Crippen molar-refractivity contribution in [2.75, 3.05) is 26.7 Å². The van der Waals surface area contributed by atoms with Crippen LogP contribution in [0.5, 0.6) is 5.75 Å². The van der Waals surface area contributed by atoms with Gasteiger partial charge in [-0.05, 0) is 50.2 Å². The van der Waals surface area contributed by atoms with Crippen LogP contribution in [0.25, 0.3) is 0 Å². The highest BCUT2D eigenvalue weighted by atomic mass is 32.2. The second kappa shape index (κ2) is 11.8. The average molecular weight is 486 g/mol. The van der Waals surface area contributed by atoms with E-state index in [-0.39, 0.29) is 30.1 Å². The summed E-state index contributed by atoms with van der Waals surface area (Å²) in [5.41, 5.74) is 1.82. The number of unbranched alkanes of at least 4 members (excludes halogenated alkanes) is 1. The van der Waals surface area contributed by atoms with Crippen LogP contribution >= 0.6 is 0 Å². The Kier molecular flexibility index (Phi) is 9.09. The number of hydrogen-bond acceptors (Lipinski definition) is 6. The summed E-state index contributed by atoms with van der Waals surface area (Å²) >= 11 is 0. The average Bonchev–Trinajstić information content (AvgIpc) is 2.81. The zero-order chi connectivity index (χ0) is 24.7. The van der Waals surface area contributed by atoms with Crippen molar-refractivity contribution in [2.45, 2.75) is 57.2 Å². The van der Waals surface area contributed by atoms with E-state index in [9.17, 15) is 13.5 Å². The molecular formula is C26H35N3O4S. The third-order valence-corrected chi connectivity index (χ3v) is 7.96. The molecule has 1 aliphatic heterocycles. The van der Waals surface area contributed by atoms with E-state index in [1.54, 1.807) is 31.3 Å². The molecule has 0 fully saturated rings. The highest BCUT2D eigenvalue weighted by Crippen LogP contribution is 2.34. The number of likely N-dealkylation sites (N-methyl/N-ethyl adjacent to an activating group) is 1. The van der Waals surface area contributed by atoms with Crippen molar-refractivity contribution in [3.8, 4) is 17.6 Å². The van der Waals surface area contributed by atoms with Gasteiger partial charge in [-0.25, -0.2) is 8.42 Å². The SMILES string of the molecule is CCCC#Cc1ccc2c(c1)OC(CN(C)Cc1cccnc1)C(C)CN(C(C)CO)S2(=O)=O. The van der Waals surface area contributed by atoms with E-state index >= 15 is 0 Å². The molecular weight excluding hydrogens is 450 g/mol. The monoisotopic (exact) mass is 485 g/mol. The van der Waals surface area contributed by atoms with Crippen LogP contribution in [0, 0.1) is 17.8 Å². The Bertz CT molecular complexity index is 1110. The van der Waals surface area contributed by atoms with Gasteiger partial charge in [-0.3, -0.25) is 9.88 Å². The fourth-order valence-electron chi connectivity index (χ4n) is 3.99. The van der Waals surface area contributed by atoms with Gasteiger partial charge < -0.3 is 9.84 Å². The van der Waals surface area contributed by atoms with E-state index in [1.165, 1.54) is 4.31 Å². The predicted molar refractivity (Wildman–Crippen MR) is 133 cm³/mol. The minimum atomic E-state index is -3.85. The van der Waals surface area contributed by atoms with E-state index in [0.717, 1.165) is 24.0 Å². The second-order valence-corrected chi connectivity index (χ2v) is 10.9. The van der Waals surface area contributed by atoms with Crippen molar-refractivity contribution in [3.05, 3.63) is 53.9 Å². The van der Waals surface area contributed by atoms with Gasteiger partial charge in [0.15, 0.2) is 0 Å². The van der Waals surface area contributed by atoms with Crippen LogP contribution in [0.1, 0.15) is 44.7 Å². The standard InChI is InChI=1S/C26H35N3O4S/c1-5-6-7-9-22-11-12-26-24(14-22)33-25(18-28(4)17-23-10-8-13-27-15-23)20(2)16-29(21(3)19-30)34(26,31)32/h8,10-15,20-21,25,30H,5-6,16-19H2,1-4H3. The number of aliphatic hydroxyl groups is 1. The molecule has 0 saturated carbocycles. The second-order valence-electron chi connectivity index (χ2n) is 9.01. The molecule has 7 nitrogen and oxygen atoms in total. The van der Waals surface area contributed by atoms with Gasteiger partial charge in [-0.15, -0.1) is 0 Å². The summed E-state index contributed by atoms with van der Waals surface area (Å²) < 4.78 is 34.9. The smallest absolute Gasteiger partial charge is 0.247 e. The molecule has 0 aliphatic carbocycles. The van der Waals surface area contributed by atoms with Gasteiger partial charge in [-0.1, -0.05) is 31.8 Å². The van der Waals surface area contributed by atoms with Crippen LogP contribution in [-0.4, -0.2) is 66.6 Å². The maximum atomic E-state index is 13.5. The van der Waals surface area contributed by atoms with Crippen molar-refractivity contribution < 1.29 is 18.3 Å². The van der Waals surface area contributed by atoms with Gasteiger partial charge >= 0.3 is 0 Å². The first-order valence-corrected chi connectivity index (χ1v) is 13.2. The summed E-state index contributed by atoms with van der Waals surface area (Å²) in [5.74, 6) is 6.42. The van der Waals surface area contributed by atoms with Gasteiger partial charge in [0.25, 0.3) is 0 Å². The molecule has 2 aromatic rings. The van der Waals surface area contributed by atoms with Gasteiger partial charge in [0, 0.05) is 56.0 Å². The van der Waals surface area contributed by atoms with Crippen molar-refractivity contribution in [3.63, 3.8) is 0 Å². The lowest BCUT2D eigenvalue weighted by Gasteiger charge is -2.37. The van der Waals surface area contributed by atoms with Crippen LogP contribution in [0.3, 0.4) is 0 Å². The number of fused-ring (bicyclic) bond motifs is 1. The maximum Gasteiger partial charge on any atom is 0.247 e. The molecule has 1 N–H and O–H groups in total. The summed E-state index contributed by atoms with van der Waals surface area (Å²) in [6.07, 6.45) is 5.06. The first kappa shape index (κ1) is 26.2. The molecule has 34 heavy (non-hydrogen) atoms. The molecule has 1 aromatic carbocycles. The van der Waals surface area contributed by atoms with Crippen LogP contribution in [-0.2, 0) is 16.6 Å². The summed E-state index contributed by atoms with van der Waals surface area (Å²) in [6, 6.07) is 8.41. The van der Waals surface area contributed by atoms with Gasteiger partial charge in [-0.2, -0.15) is 4.31 Å². The number of ether oxygens (including phenoxy) is 1. The lowest BCUT2D eigenvalue weighted by atomic mass is 10.0. The van der Waals surface area contributed by atoms with E-state index < -0.39 is 16.1 Å². The normalized spacial score (nSPS) is 20.9. The first-order chi connectivity index (χ1) is 16.3. The Hall–Kier alpha value is -2.44. The molecule has 2 heterocycles. The molecule has 8 heteroatoms. The first-order valence-electron chi connectivity index (χ1n) is 11.8. The minimum absolute atomic E-state index is 0.108. The number of sulfonamides is 1. The van der Waals surface area contributed by atoms with Gasteiger partial charge in [0.05, 0.1) is 6.61 Å². The topological polar surface area (TPSA) is 83.0 Å². The number of pyridine rings is 1. The number of hydrogen-bond donors (Lipinski definition) is 1. The molecule has 1 aromatic heterocycles. The molecule has 1 aliphatic rings. The molecule has 0 saturated heterocycles. The molecule has 3 atom stereocenters. The van der Waals surface area contributed by atoms with E-state index in [0.29, 0.717) is 18.8 Å². The van der Waals surface area contributed by atoms with Crippen molar-refractivity contribution in [2.24, 2.45) is 5.92 Å². The minimum Gasteiger partial charge on any atom is -0.487 e. The molecule has 0 radical (unpaired) electrons. The Morgan fingerprint density at radius 2 is 2.15 bits per heavy atom. The molecule has 184 valence electrons. The number of rotatable bonds is 7. The Morgan fingerprint density at radius 3 is 2.82 bits per heavy atom. The highest BCUT2D eigenvalue weighted by molar-refractivity contribution is 7.89. The van der Waals surface area contributed by atoms with Crippen LogP contribution in [0.4, 0.5) is 0 Å². The van der Waals surface area contributed by atoms with Crippen LogP contribution in [0.15, 0.2) is 47.6 Å². The Balaban J connectivity index is 1.97. The van der Waals surface area contributed by atoms with Crippen molar-refractivity contribution in [1.82, 2.24) is 14.2 Å². The fourth-order valence-corrected chi connectivity index (χ4v) is 5.81. The molecule has 0 spiro atoms. The number of benzene rings is 1. The number of aromatic nitrogens is 1. The summed E-state index contributed by atoms with van der Waals surface area (Å²) in [6.45, 7) is 7.08. The van der Waals surface area contributed by atoms with E-state index in [1.807, 2.05) is 32.3 Å². The quantitative estimate of drug-likeness (QED) is 0.607. The maximum absolute atomic E-state index is 13.5. The molecule has 3 unspecified atom stereocenters. The van der Waals surface area contributed by atoms with Crippen LogP contribution < -0.4 is 4.74 Å². The molecule has 3 rings (SSSR count). The summed E-state index contributed by atoms with van der Waals surface area (Å²) in [5, 5.41) is 9.79. The number of nitrogens with zero attached hydrogens (tertiary/aromatic N) is 3. The zero-order valence-electron chi connectivity index (χ0n) is 20.4. The van der Waals surface area contributed by atoms with E-state index in [4.69, 9.17) is 4.74 Å². The molecule has 0 amide bonds. The Morgan fingerprint density at radius 1 is 1.35 bits per heavy atom. The molecule has 0 bridgehead atoms. The third kappa shape index (κ3) is 6.36. The van der Waals surface area contributed by atoms with Gasteiger partial charge in [0.1, 0.15) is 16.7 Å². The lowest BCUT2D eigenvalue weighted by molar-refractivity contribution is 0.0733. The third-order valence-electron chi connectivity index (χ3n) is 5.94.